The van der Waals surface area contributed by atoms with Crippen LogP contribution in [0.2, 0.25) is 0 Å². The Balaban J connectivity index is 1.88. The van der Waals surface area contributed by atoms with Crippen molar-refractivity contribution in [1.29, 1.82) is 0 Å². The van der Waals surface area contributed by atoms with Gasteiger partial charge in [0.2, 0.25) is 0 Å². The van der Waals surface area contributed by atoms with Crippen molar-refractivity contribution < 1.29 is 24.8 Å². The Morgan fingerprint density at radius 2 is 1.64 bits per heavy atom. The SMILES string of the molecule is C/C=C/CCCCCCCCCCCO[C@H]1CO[C@@H]([C@H](O)CO)[C@H]1O. The van der Waals surface area contributed by atoms with E-state index in [1.165, 1.54) is 51.4 Å². The molecule has 0 saturated carbocycles. The first-order valence-corrected chi connectivity index (χ1v) is 10.0. The van der Waals surface area contributed by atoms with Crippen LogP contribution >= 0.6 is 0 Å². The van der Waals surface area contributed by atoms with Gasteiger partial charge in [0, 0.05) is 6.61 Å². The lowest BCUT2D eigenvalue weighted by molar-refractivity contribution is -0.0730. The Bertz CT molecular complexity index is 334. The molecule has 1 aliphatic rings. The van der Waals surface area contributed by atoms with Gasteiger partial charge < -0.3 is 24.8 Å². The highest BCUT2D eigenvalue weighted by Crippen LogP contribution is 2.20. The summed E-state index contributed by atoms with van der Waals surface area (Å²) < 4.78 is 11.0. The van der Waals surface area contributed by atoms with Gasteiger partial charge in [-0.05, 0) is 26.2 Å². The second-order valence-electron chi connectivity index (χ2n) is 6.99. The van der Waals surface area contributed by atoms with Crippen LogP contribution in [0.5, 0.6) is 0 Å². The van der Waals surface area contributed by atoms with Crippen LogP contribution in [0.3, 0.4) is 0 Å². The third-order valence-electron chi connectivity index (χ3n) is 4.82. The van der Waals surface area contributed by atoms with Crippen LogP contribution in [0.25, 0.3) is 0 Å². The van der Waals surface area contributed by atoms with Crippen molar-refractivity contribution in [2.24, 2.45) is 0 Å². The normalized spacial score (nSPS) is 25.0. The molecule has 0 aromatic rings. The molecule has 1 heterocycles. The molecule has 0 aromatic heterocycles. The molecular weight excluding hydrogens is 320 g/mol. The van der Waals surface area contributed by atoms with Crippen molar-refractivity contribution in [3.8, 4) is 0 Å². The van der Waals surface area contributed by atoms with Gasteiger partial charge in [-0.3, -0.25) is 0 Å². The fourth-order valence-corrected chi connectivity index (χ4v) is 3.21. The molecular formula is C20H38O5. The highest BCUT2D eigenvalue weighted by atomic mass is 16.6. The maximum absolute atomic E-state index is 10.0. The predicted molar refractivity (Wildman–Crippen MR) is 99.6 cm³/mol. The van der Waals surface area contributed by atoms with Crippen LogP contribution in [0.4, 0.5) is 0 Å². The molecule has 1 aliphatic heterocycles. The summed E-state index contributed by atoms with van der Waals surface area (Å²) in [4.78, 5) is 0. The van der Waals surface area contributed by atoms with E-state index in [1.54, 1.807) is 0 Å². The summed E-state index contributed by atoms with van der Waals surface area (Å²) >= 11 is 0. The molecule has 0 aromatic carbocycles. The lowest BCUT2D eigenvalue weighted by Crippen LogP contribution is -2.41. The Kier molecular flexibility index (Phi) is 13.3. The maximum atomic E-state index is 10.0. The summed E-state index contributed by atoms with van der Waals surface area (Å²) in [6, 6.07) is 0. The Morgan fingerprint density at radius 3 is 2.24 bits per heavy atom. The number of hydrogen-bond donors (Lipinski definition) is 3. The molecule has 148 valence electrons. The molecule has 1 fully saturated rings. The van der Waals surface area contributed by atoms with Gasteiger partial charge in [-0.25, -0.2) is 0 Å². The number of aliphatic hydroxyl groups is 3. The molecule has 5 nitrogen and oxygen atoms in total. The summed E-state index contributed by atoms with van der Waals surface area (Å²) in [6.07, 6.45) is 13.9. The van der Waals surface area contributed by atoms with E-state index in [2.05, 4.69) is 19.1 Å². The number of unbranched alkanes of at least 4 members (excludes halogenated alkanes) is 9. The van der Waals surface area contributed by atoms with E-state index in [9.17, 15) is 10.2 Å². The summed E-state index contributed by atoms with van der Waals surface area (Å²) in [5.41, 5.74) is 0. The molecule has 1 saturated heterocycles. The largest absolute Gasteiger partial charge is 0.394 e. The smallest absolute Gasteiger partial charge is 0.114 e. The molecule has 25 heavy (non-hydrogen) atoms. The molecule has 4 atom stereocenters. The van der Waals surface area contributed by atoms with E-state index in [-0.39, 0.29) is 6.61 Å². The number of aliphatic hydroxyl groups excluding tert-OH is 3. The van der Waals surface area contributed by atoms with Crippen LogP contribution in [-0.4, -0.2) is 59.6 Å². The molecule has 0 bridgehead atoms. The highest BCUT2D eigenvalue weighted by Gasteiger charge is 2.40. The van der Waals surface area contributed by atoms with Crippen molar-refractivity contribution in [2.75, 3.05) is 19.8 Å². The van der Waals surface area contributed by atoms with Gasteiger partial charge in [0.15, 0.2) is 0 Å². The summed E-state index contributed by atoms with van der Waals surface area (Å²) in [5, 5.41) is 28.5. The van der Waals surface area contributed by atoms with Gasteiger partial charge in [0.1, 0.15) is 24.4 Å². The van der Waals surface area contributed by atoms with E-state index in [0.717, 1.165) is 12.8 Å². The van der Waals surface area contributed by atoms with Gasteiger partial charge in [-0.15, -0.1) is 0 Å². The molecule has 1 rings (SSSR count). The lowest BCUT2D eigenvalue weighted by Gasteiger charge is -2.20. The van der Waals surface area contributed by atoms with Crippen molar-refractivity contribution in [3.05, 3.63) is 12.2 Å². The molecule has 0 radical (unpaired) electrons. The monoisotopic (exact) mass is 358 g/mol. The fourth-order valence-electron chi connectivity index (χ4n) is 3.21. The van der Waals surface area contributed by atoms with E-state index >= 15 is 0 Å². The molecule has 0 aliphatic carbocycles. The average Bonchev–Trinajstić information content (AvgIpc) is 2.99. The van der Waals surface area contributed by atoms with Crippen LogP contribution in [0.1, 0.15) is 71.1 Å². The zero-order valence-corrected chi connectivity index (χ0v) is 15.8. The molecule has 0 amide bonds. The average molecular weight is 359 g/mol. The van der Waals surface area contributed by atoms with E-state index in [4.69, 9.17) is 14.6 Å². The molecule has 0 spiro atoms. The van der Waals surface area contributed by atoms with Gasteiger partial charge in [-0.2, -0.15) is 0 Å². The first-order chi connectivity index (χ1) is 12.2. The fraction of sp³-hybridized carbons (Fsp3) is 0.900. The topological polar surface area (TPSA) is 79.2 Å². The van der Waals surface area contributed by atoms with Crippen LogP contribution < -0.4 is 0 Å². The van der Waals surface area contributed by atoms with E-state index in [0.29, 0.717) is 6.61 Å². The van der Waals surface area contributed by atoms with Crippen molar-refractivity contribution in [1.82, 2.24) is 0 Å². The van der Waals surface area contributed by atoms with Gasteiger partial charge >= 0.3 is 0 Å². The van der Waals surface area contributed by atoms with E-state index in [1.807, 2.05) is 0 Å². The first-order valence-electron chi connectivity index (χ1n) is 10.0. The zero-order valence-electron chi connectivity index (χ0n) is 15.8. The minimum absolute atomic E-state index is 0.275. The third kappa shape index (κ3) is 9.71. The number of hydrogen-bond acceptors (Lipinski definition) is 5. The molecule has 0 unspecified atom stereocenters. The second-order valence-corrected chi connectivity index (χ2v) is 6.99. The summed E-state index contributed by atoms with van der Waals surface area (Å²) in [6.45, 7) is 2.55. The second kappa shape index (κ2) is 14.7. The number of rotatable bonds is 15. The van der Waals surface area contributed by atoms with Crippen molar-refractivity contribution in [2.45, 2.75) is 95.5 Å². The number of ether oxygens (including phenoxy) is 2. The quantitative estimate of drug-likeness (QED) is 0.310. The molecule has 5 heteroatoms. The van der Waals surface area contributed by atoms with E-state index < -0.39 is 31.0 Å². The predicted octanol–water partition coefficient (Wildman–Crippen LogP) is 2.96. The van der Waals surface area contributed by atoms with Crippen LogP contribution in [0, 0.1) is 0 Å². The van der Waals surface area contributed by atoms with Crippen LogP contribution in [0.15, 0.2) is 12.2 Å². The van der Waals surface area contributed by atoms with Gasteiger partial charge in [-0.1, -0.05) is 57.1 Å². The summed E-state index contributed by atoms with van der Waals surface area (Å²) in [5.74, 6) is 0. The van der Waals surface area contributed by atoms with Crippen molar-refractivity contribution >= 4 is 0 Å². The first kappa shape index (κ1) is 22.6. The van der Waals surface area contributed by atoms with Gasteiger partial charge in [0.25, 0.3) is 0 Å². The summed E-state index contributed by atoms with van der Waals surface area (Å²) in [7, 11) is 0. The standard InChI is InChI=1S/C20H38O5/c1-2-3-4-5-6-7-8-9-10-11-12-13-14-24-18-16-25-20(19(18)23)17(22)15-21/h2-3,17-23H,4-16H2,1H3/b3-2+/t17-,18+,19+,20+/m1/s1. The zero-order chi connectivity index (χ0) is 18.3. The molecule has 3 N–H and O–H groups in total. The Labute approximate surface area is 153 Å². The van der Waals surface area contributed by atoms with Crippen molar-refractivity contribution in [3.63, 3.8) is 0 Å². The van der Waals surface area contributed by atoms with Gasteiger partial charge in [0.05, 0.1) is 13.2 Å². The lowest BCUT2D eigenvalue weighted by atomic mass is 10.1. The minimum Gasteiger partial charge on any atom is -0.394 e. The highest BCUT2D eigenvalue weighted by molar-refractivity contribution is 4.88. The Morgan fingerprint density at radius 1 is 1.04 bits per heavy atom. The third-order valence-corrected chi connectivity index (χ3v) is 4.82. The van der Waals surface area contributed by atoms with Crippen LogP contribution in [-0.2, 0) is 9.47 Å². The minimum atomic E-state index is -1.05. The maximum Gasteiger partial charge on any atom is 0.114 e. The Hall–Kier alpha value is -0.460. The number of allylic oxidation sites excluding steroid dienone is 2.